The molecule has 6 nitrogen and oxygen atoms in total. The maximum Gasteiger partial charge on any atom is 0.311 e. The van der Waals surface area contributed by atoms with Crippen molar-refractivity contribution in [3.05, 3.63) is 0 Å². The van der Waals surface area contributed by atoms with Gasteiger partial charge in [-0.3, -0.25) is 9.59 Å². The van der Waals surface area contributed by atoms with E-state index in [1.165, 1.54) is 0 Å². The fourth-order valence-electron chi connectivity index (χ4n) is 3.03. The van der Waals surface area contributed by atoms with E-state index in [4.69, 9.17) is 42.1 Å². The first-order valence-corrected chi connectivity index (χ1v) is 8.21. The second kappa shape index (κ2) is 4.82. The number of carbonyl (C=O) groups is 2. The summed E-state index contributed by atoms with van der Waals surface area (Å²) in [4.78, 5) is 24.2. The third-order valence-electron chi connectivity index (χ3n) is 4.32. The molecule has 0 amide bonds. The molecule has 0 N–H and O–H groups in total. The van der Waals surface area contributed by atoms with Gasteiger partial charge in [-0.15, -0.1) is 0 Å². The van der Waals surface area contributed by atoms with Gasteiger partial charge in [0.1, 0.15) is 0 Å². The monoisotopic (exact) mass is 366 g/mol. The molecule has 23 heavy (non-hydrogen) atoms. The topological polar surface area (TPSA) is 71.1 Å². The van der Waals surface area contributed by atoms with Crippen LogP contribution in [0.25, 0.3) is 0 Å². The maximum absolute atomic E-state index is 12.3. The summed E-state index contributed by atoms with van der Waals surface area (Å²) in [6, 6.07) is 0. The number of rotatable bonds is 1. The highest BCUT2D eigenvalue weighted by Gasteiger charge is 2.78. The van der Waals surface area contributed by atoms with E-state index in [0.717, 1.165) is 0 Å². The number of ether oxygens (including phenoxy) is 4. The van der Waals surface area contributed by atoms with Crippen LogP contribution >= 0.6 is 23.2 Å². The lowest BCUT2D eigenvalue weighted by molar-refractivity contribution is -0.255. The largest absolute Gasteiger partial charge is 0.456 e. The zero-order valence-corrected chi connectivity index (χ0v) is 15.2. The number of Topliss-reactive ketones (excluding diaryl/α,β-unsaturated/α-hetero) is 1. The Labute approximate surface area is 144 Å². The maximum atomic E-state index is 12.3. The fourth-order valence-corrected chi connectivity index (χ4v) is 3.60. The first kappa shape index (κ1) is 17.4. The van der Waals surface area contributed by atoms with E-state index in [1.807, 2.05) is 0 Å². The van der Waals surface area contributed by atoms with Crippen molar-refractivity contribution in [3.63, 3.8) is 0 Å². The highest BCUT2D eigenvalue weighted by atomic mass is 35.5. The third-order valence-corrected chi connectivity index (χ3v) is 5.39. The van der Waals surface area contributed by atoms with Crippen molar-refractivity contribution in [1.29, 1.82) is 0 Å². The molecule has 2 unspecified atom stereocenters. The molecule has 4 atom stereocenters. The van der Waals surface area contributed by atoms with Gasteiger partial charge >= 0.3 is 5.97 Å². The molecule has 1 saturated carbocycles. The van der Waals surface area contributed by atoms with Crippen LogP contribution in [0.5, 0.6) is 0 Å². The lowest BCUT2D eigenvalue weighted by Crippen LogP contribution is -2.70. The van der Waals surface area contributed by atoms with E-state index in [0.29, 0.717) is 0 Å². The molecule has 0 radical (unpaired) electrons. The van der Waals surface area contributed by atoms with Crippen molar-refractivity contribution >= 4 is 35.0 Å². The third kappa shape index (κ3) is 2.42. The first-order chi connectivity index (χ1) is 10.3. The second-order valence-electron chi connectivity index (χ2n) is 7.73. The van der Waals surface area contributed by atoms with Crippen LogP contribution < -0.4 is 0 Å². The summed E-state index contributed by atoms with van der Waals surface area (Å²) in [6.07, 6.45) is -2.47. The van der Waals surface area contributed by atoms with Crippen molar-refractivity contribution in [2.75, 3.05) is 0 Å². The van der Waals surface area contributed by atoms with Crippen LogP contribution in [0.3, 0.4) is 0 Å². The summed E-state index contributed by atoms with van der Waals surface area (Å²) in [5, 5.41) is 0. The van der Waals surface area contributed by atoms with E-state index in [9.17, 15) is 9.59 Å². The van der Waals surface area contributed by atoms with Gasteiger partial charge in [-0.2, -0.15) is 0 Å². The Balaban J connectivity index is 1.93. The van der Waals surface area contributed by atoms with Gasteiger partial charge in [0.05, 0.1) is 5.41 Å². The van der Waals surface area contributed by atoms with E-state index in [-0.39, 0.29) is 12.2 Å². The molecule has 0 bridgehead atoms. The summed E-state index contributed by atoms with van der Waals surface area (Å²) in [5.74, 6) is -1.72. The minimum absolute atomic E-state index is 0.0533. The predicted molar refractivity (Wildman–Crippen MR) is 81.0 cm³/mol. The van der Waals surface area contributed by atoms with Crippen LogP contribution in [0.4, 0.5) is 0 Å². The smallest absolute Gasteiger partial charge is 0.311 e. The van der Waals surface area contributed by atoms with Crippen molar-refractivity contribution in [3.8, 4) is 0 Å². The van der Waals surface area contributed by atoms with E-state index < -0.39 is 45.6 Å². The molecule has 2 heterocycles. The van der Waals surface area contributed by atoms with Gasteiger partial charge < -0.3 is 18.9 Å². The summed E-state index contributed by atoms with van der Waals surface area (Å²) < 4.78 is 21.2. The molecule has 3 fully saturated rings. The summed E-state index contributed by atoms with van der Waals surface area (Å²) in [6.45, 7) is 8.64. The minimum Gasteiger partial charge on any atom is -0.456 e. The number of alkyl halides is 2. The Kier molecular flexibility index (Phi) is 3.65. The minimum atomic E-state index is -1.79. The number of fused-ring (bicyclic) bond motifs is 1. The number of carbonyl (C=O) groups excluding carboxylic acids is 2. The zero-order valence-electron chi connectivity index (χ0n) is 13.6. The Morgan fingerprint density at radius 1 is 1.22 bits per heavy atom. The molecule has 3 aliphatic rings. The quantitative estimate of drug-likeness (QED) is 0.523. The van der Waals surface area contributed by atoms with Gasteiger partial charge in [0, 0.05) is 6.42 Å². The SMILES string of the molecule is CC1(C)OC2O[C@]3(CC(=O)C3(Cl)Cl)C(OC(=O)C(C)(C)C)[C@@H]2O1. The lowest BCUT2D eigenvalue weighted by atomic mass is 9.73. The average Bonchev–Trinajstić information content (AvgIpc) is 2.81. The number of hydrogen-bond donors (Lipinski definition) is 0. The highest BCUT2D eigenvalue weighted by Crippen LogP contribution is 2.60. The summed E-state index contributed by atoms with van der Waals surface area (Å²) in [7, 11) is 0. The van der Waals surface area contributed by atoms with Gasteiger partial charge in [0.2, 0.25) is 4.33 Å². The summed E-state index contributed by atoms with van der Waals surface area (Å²) >= 11 is 12.4. The molecule has 8 heteroatoms. The molecule has 3 rings (SSSR count). The van der Waals surface area contributed by atoms with Crippen LogP contribution in [-0.2, 0) is 28.5 Å². The molecule has 1 aliphatic carbocycles. The van der Waals surface area contributed by atoms with Gasteiger partial charge in [0.15, 0.2) is 35.7 Å². The first-order valence-electron chi connectivity index (χ1n) is 7.46. The van der Waals surface area contributed by atoms with Gasteiger partial charge in [-0.25, -0.2) is 0 Å². The van der Waals surface area contributed by atoms with Crippen molar-refractivity contribution in [2.45, 2.75) is 75.3 Å². The molecule has 0 aromatic carbocycles. The molecular formula is C15H20Cl2O6. The lowest BCUT2D eigenvalue weighted by Gasteiger charge is -2.50. The Bertz CT molecular complexity index is 567. The van der Waals surface area contributed by atoms with E-state index >= 15 is 0 Å². The molecular weight excluding hydrogens is 347 g/mol. The van der Waals surface area contributed by atoms with Crippen LogP contribution in [0, 0.1) is 5.41 Å². The van der Waals surface area contributed by atoms with Crippen LogP contribution in [0.1, 0.15) is 41.0 Å². The van der Waals surface area contributed by atoms with Gasteiger partial charge in [0.25, 0.3) is 0 Å². The Hall–Kier alpha value is -0.400. The average molecular weight is 367 g/mol. The molecule has 130 valence electrons. The molecule has 1 spiro atoms. The Morgan fingerprint density at radius 2 is 1.83 bits per heavy atom. The molecule has 0 aromatic heterocycles. The fraction of sp³-hybridized carbons (Fsp3) is 0.867. The zero-order chi connectivity index (χ0) is 17.4. The standard InChI is InChI=1S/C15H20Cl2O6/c1-12(2,3)11(19)20-9-8-10(22-13(4,5)21-8)23-14(9)6-7(18)15(14,16)17/h8-10H,6H2,1-5H3/t8-,9?,10?,14+/m0/s1. The molecule has 2 saturated heterocycles. The van der Waals surface area contributed by atoms with Crippen LogP contribution in [-0.4, -0.2) is 46.0 Å². The number of esters is 1. The second-order valence-corrected chi connectivity index (χ2v) is 9.05. The van der Waals surface area contributed by atoms with E-state index in [2.05, 4.69) is 0 Å². The Morgan fingerprint density at radius 3 is 2.30 bits per heavy atom. The van der Waals surface area contributed by atoms with Crippen molar-refractivity contribution < 1.29 is 28.5 Å². The number of ketones is 1. The van der Waals surface area contributed by atoms with Gasteiger partial charge in [-0.1, -0.05) is 23.2 Å². The van der Waals surface area contributed by atoms with Gasteiger partial charge in [-0.05, 0) is 34.6 Å². The van der Waals surface area contributed by atoms with Crippen LogP contribution in [0.15, 0.2) is 0 Å². The van der Waals surface area contributed by atoms with Crippen molar-refractivity contribution in [2.24, 2.45) is 5.41 Å². The van der Waals surface area contributed by atoms with Crippen LogP contribution in [0.2, 0.25) is 0 Å². The highest BCUT2D eigenvalue weighted by molar-refractivity contribution is 6.61. The number of halogens is 2. The van der Waals surface area contributed by atoms with E-state index in [1.54, 1.807) is 34.6 Å². The summed E-state index contributed by atoms with van der Waals surface area (Å²) in [5.41, 5.74) is -2.08. The van der Waals surface area contributed by atoms with Crippen molar-refractivity contribution in [1.82, 2.24) is 0 Å². The molecule has 0 aromatic rings. The normalized spacial score (nSPS) is 40.8. The number of hydrogen-bond acceptors (Lipinski definition) is 6. The predicted octanol–water partition coefficient (Wildman–Crippen LogP) is 2.34. The molecule has 2 aliphatic heterocycles.